The number of nitrogens with zero attached hydrogens (tertiary/aromatic N) is 5. The lowest BCUT2D eigenvalue weighted by Crippen LogP contribution is -2.53. The van der Waals surface area contributed by atoms with Crippen molar-refractivity contribution in [2.24, 2.45) is 10.1 Å². The topological polar surface area (TPSA) is 132 Å². The normalized spacial score (nSPS) is 18.2. The van der Waals surface area contributed by atoms with Gasteiger partial charge in [0.2, 0.25) is 5.90 Å². The van der Waals surface area contributed by atoms with Gasteiger partial charge in [0.25, 0.3) is 5.91 Å². The lowest BCUT2D eigenvalue weighted by atomic mass is 9.81. The molecule has 3 aromatic carbocycles. The molecule has 0 unspecified atom stereocenters. The van der Waals surface area contributed by atoms with Crippen LogP contribution in [0.15, 0.2) is 87.4 Å². The van der Waals surface area contributed by atoms with Crippen LogP contribution in [0.1, 0.15) is 29.2 Å². The van der Waals surface area contributed by atoms with Gasteiger partial charge in [-0.25, -0.2) is 10.0 Å². The molecule has 1 heterocycles. The first-order valence-electron chi connectivity index (χ1n) is 12.3. The number of rotatable bonds is 11. The smallest absolute Gasteiger partial charge is 0.266 e. The zero-order valence-corrected chi connectivity index (χ0v) is 23.2. The van der Waals surface area contributed by atoms with Crippen LogP contribution in [-0.2, 0) is 16.0 Å². The molecule has 0 spiro atoms. The Labute approximate surface area is 235 Å². The van der Waals surface area contributed by atoms with E-state index in [-0.39, 0.29) is 18.9 Å². The van der Waals surface area contributed by atoms with E-state index >= 15 is 0 Å². The average molecular weight is 593 g/mol. The summed E-state index contributed by atoms with van der Waals surface area (Å²) in [4.78, 5) is 22.0. The average Bonchev–Trinajstić information content (AvgIpc) is 3.31. The van der Waals surface area contributed by atoms with Crippen molar-refractivity contribution in [3.05, 3.63) is 104 Å². The summed E-state index contributed by atoms with van der Waals surface area (Å²) in [6.45, 7) is 0.453. The molecular formula is C28H29BrN6O4. The summed E-state index contributed by atoms with van der Waals surface area (Å²) in [6, 6.07) is 21.9. The highest BCUT2D eigenvalue weighted by Gasteiger charge is 2.54. The van der Waals surface area contributed by atoms with E-state index in [1.54, 1.807) is 43.4 Å². The Morgan fingerprint density at radius 3 is 2.59 bits per heavy atom. The van der Waals surface area contributed by atoms with E-state index in [9.17, 15) is 4.79 Å². The highest BCUT2D eigenvalue weighted by Crippen LogP contribution is 2.45. The number of carbonyl (C=O) groups excluding carboxylic acids is 1. The Morgan fingerprint density at radius 2 is 1.90 bits per heavy atom. The highest BCUT2D eigenvalue weighted by molar-refractivity contribution is 9.10. The molecule has 39 heavy (non-hydrogen) atoms. The molecule has 10 nitrogen and oxygen atoms in total. The fraction of sp³-hybridized carbons (Fsp3) is 0.286. The number of hydrazine groups is 1. The summed E-state index contributed by atoms with van der Waals surface area (Å²) >= 11 is 3.62. The van der Waals surface area contributed by atoms with Gasteiger partial charge < -0.3 is 14.6 Å². The summed E-state index contributed by atoms with van der Waals surface area (Å²) < 4.78 is 12.9. The molecule has 11 heteroatoms. The van der Waals surface area contributed by atoms with Gasteiger partial charge in [0, 0.05) is 59.7 Å². The molecule has 1 aliphatic heterocycles. The molecule has 1 aliphatic rings. The van der Waals surface area contributed by atoms with Crippen LogP contribution in [0.25, 0.3) is 10.4 Å². The van der Waals surface area contributed by atoms with Crippen molar-refractivity contribution in [1.29, 1.82) is 0 Å². The predicted octanol–water partition coefficient (Wildman–Crippen LogP) is 5.24. The second-order valence-corrected chi connectivity index (χ2v) is 10.00. The molecule has 4 rings (SSSR count). The summed E-state index contributed by atoms with van der Waals surface area (Å²) in [7, 11) is 3.45. The van der Waals surface area contributed by atoms with Crippen LogP contribution in [-0.4, -0.2) is 54.8 Å². The third-order valence-corrected chi connectivity index (χ3v) is 6.87. The number of ether oxygens (including phenoxy) is 2. The minimum Gasteiger partial charge on any atom is -0.494 e. The van der Waals surface area contributed by atoms with Gasteiger partial charge >= 0.3 is 0 Å². The Kier molecular flexibility index (Phi) is 9.21. The molecular weight excluding hydrogens is 564 g/mol. The van der Waals surface area contributed by atoms with Gasteiger partial charge in [-0.1, -0.05) is 63.5 Å². The molecule has 0 aliphatic carbocycles. The first kappa shape index (κ1) is 28.1. The zero-order chi connectivity index (χ0) is 27.8. The van der Waals surface area contributed by atoms with Crippen molar-refractivity contribution in [1.82, 2.24) is 10.4 Å². The van der Waals surface area contributed by atoms with Crippen molar-refractivity contribution in [3.63, 3.8) is 0 Å². The molecule has 0 fully saturated rings. The van der Waals surface area contributed by atoms with Crippen LogP contribution in [0, 0.1) is 0 Å². The maximum Gasteiger partial charge on any atom is 0.266 e. The van der Waals surface area contributed by atoms with Crippen LogP contribution in [0.4, 0.5) is 5.69 Å². The number of aliphatic imine (C=N–C) groups is 1. The first-order chi connectivity index (χ1) is 18.9. The Bertz CT molecular complexity index is 1390. The van der Waals surface area contributed by atoms with Crippen LogP contribution < -0.4 is 10.2 Å². The van der Waals surface area contributed by atoms with Crippen LogP contribution in [0.3, 0.4) is 0 Å². The quantitative estimate of drug-likeness (QED) is 0.103. The number of hydrogen-bond acceptors (Lipinski definition) is 7. The third-order valence-electron chi connectivity index (χ3n) is 6.15. The SMILES string of the molecule is CN(C)NC(=O)[C@@]1(Cc2ccccc2N=[N+]=[N-])N=C(c2ccc(OCCCO)cc2)O[C@H]1c1ccccc1Br. The van der Waals surface area contributed by atoms with E-state index in [2.05, 4.69) is 31.4 Å². The second-order valence-electron chi connectivity index (χ2n) is 9.14. The number of amides is 1. The maximum absolute atomic E-state index is 14.0. The lowest BCUT2D eigenvalue weighted by molar-refractivity contribution is -0.132. The van der Waals surface area contributed by atoms with E-state index in [1.165, 1.54) is 0 Å². The van der Waals surface area contributed by atoms with E-state index < -0.39 is 11.6 Å². The Morgan fingerprint density at radius 1 is 1.18 bits per heavy atom. The number of hydrogen-bond donors (Lipinski definition) is 2. The summed E-state index contributed by atoms with van der Waals surface area (Å²) in [5, 5.41) is 14.4. The Hall–Kier alpha value is -3.89. The summed E-state index contributed by atoms with van der Waals surface area (Å²) in [5.41, 5.74) is 13.1. The van der Waals surface area contributed by atoms with Gasteiger partial charge in [-0.05, 0) is 41.4 Å². The van der Waals surface area contributed by atoms with E-state index in [0.717, 1.165) is 10.0 Å². The van der Waals surface area contributed by atoms with Crippen molar-refractivity contribution in [2.45, 2.75) is 24.5 Å². The molecule has 0 saturated heterocycles. The molecule has 2 atom stereocenters. The molecule has 0 aromatic heterocycles. The van der Waals surface area contributed by atoms with Crippen LogP contribution in [0.5, 0.6) is 5.75 Å². The minimum absolute atomic E-state index is 0.0546. The summed E-state index contributed by atoms with van der Waals surface area (Å²) in [5.74, 6) is 0.573. The predicted molar refractivity (Wildman–Crippen MR) is 152 cm³/mol. The number of carbonyl (C=O) groups is 1. The van der Waals surface area contributed by atoms with Crippen LogP contribution in [0.2, 0.25) is 0 Å². The Balaban J connectivity index is 1.84. The standard InChI is InChI=1S/C28H29BrN6O4/c1-35(2)33-27(37)28(18-20-8-3-6-11-24(20)32-34-30)25(22-9-4-5-10-23(22)29)39-26(31-28)19-12-14-21(15-13-19)38-17-7-16-36/h3-6,8-15,25,36H,7,16-18H2,1-2H3,(H,33,37)/t25-,28-/m0/s1. The number of benzene rings is 3. The van der Waals surface area contributed by atoms with Gasteiger partial charge in [0.1, 0.15) is 5.75 Å². The van der Waals surface area contributed by atoms with Gasteiger partial charge in [-0.3, -0.25) is 10.2 Å². The van der Waals surface area contributed by atoms with Crippen LogP contribution >= 0.6 is 15.9 Å². The van der Waals surface area contributed by atoms with Gasteiger partial charge in [-0.15, -0.1) is 0 Å². The fourth-order valence-corrected chi connectivity index (χ4v) is 4.84. The fourth-order valence-electron chi connectivity index (χ4n) is 4.34. The number of nitrogens with one attached hydrogen (secondary N) is 1. The largest absolute Gasteiger partial charge is 0.494 e. The molecule has 2 N–H and O–H groups in total. The van der Waals surface area contributed by atoms with Crippen molar-refractivity contribution in [2.75, 3.05) is 27.3 Å². The van der Waals surface area contributed by atoms with Crippen molar-refractivity contribution in [3.8, 4) is 5.75 Å². The van der Waals surface area contributed by atoms with E-state index in [4.69, 9.17) is 25.1 Å². The molecule has 0 bridgehead atoms. The number of aliphatic hydroxyl groups excluding tert-OH is 1. The summed E-state index contributed by atoms with van der Waals surface area (Å²) in [6.07, 6.45) is -0.159. The molecule has 0 radical (unpaired) electrons. The van der Waals surface area contributed by atoms with Gasteiger partial charge in [-0.2, -0.15) is 0 Å². The van der Waals surface area contributed by atoms with Gasteiger partial charge in [0.05, 0.1) is 6.61 Å². The molecule has 0 saturated carbocycles. The van der Waals surface area contributed by atoms with Gasteiger partial charge in [0.15, 0.2) is 11.6 Å². The third kappa shape index (κ3) is 6.40. The minimum atomic E-state index is -1.44. The lowest BCUT2D eigenvalue weighted by Gasteiger charge is -2.32. The first-order valence-corrected chi connectivity index (χ1v) is 13.1. The van der Waals surface area contributed by atoms with Crippen molar-refractivity contribution >= 4 is 33.4 Å². The van der Waals surface area contributed by atoms with E-state index in [0.29, 0.717) is 41.5 Å². The second kappa shape index (κ2) is 12.8. The highest BCUT2D eigenvalue weighted by atomic mass is 79.9. The molecule has 3 aromatic rings. The number of azide groups is 1. The molecule has 1 amide bonds. The maximum atomic E-state index is 14.0. The number of aliphatic hydroxyl groups is 1. The number of halogens is 1. The monoisotopic (exact) mass is 592 g/mol. The van der Waals surface area contributed by atoms with Crippen molar-refractivity contribution < 1.29 is 19.4 Å². The van der Waals surface area contributed by atoms with E-state index in [1.807, 2.05) is 48.5 Å². The zero-order valence-electron chi connectivity index (χ0n) is 21.6. The molecule has 202 valence electrons.